The molecule has 0 bridgehead atoms. The highest BCUT2D eigenvalue weighted by Crippen LogP contribution is 2.14. The SMILES string of the molecule is CCc1cccc(OCC(=O)Nc2ccc(F)cc2)c1. The zero-order valence-electron chi connectivity index (χ0n) is 11.2. The Kier molecular flexibility index (Phi) is 4.71. The third-order valence-electron chi connectivity index (χ3n) is 2.80. The Bertz CT molecular complexity index is 581. The molecule has 0 aliphatic carbocycles. The minimum Gasteiger partial charge on any atom is -0.484 e. The summed E-state index contributed by atoms with van der Waals surface area (Å²) in [4.78, 5) is 11.7. The van der Waals surface area contributed by atoms with E-state index in [1.54, 1.807) is 0 Å². The smallest absolute Gasteiger partial charge is 0.262 e. The van der Waals surface area contributed by atoms with Gasteiger partial charge >= 0.3 is 0 Å². The molecule has 0 aliphatic heterocycles. The Balaban J connectivity index is 1.87. The summed E-state index contributed by atoms with van der Waals surface area (Å²) in [7, 11) is 0. The van der Waals surface area contributed by atoms with E-state index in [0.29, 0.717) is 11.4 Å². The zero-order valence-corrected chi connectivity index (χ0v) is 11.2. The summed E-state index contributed by atoms with van der Waals surface area (Å²) < 4.78 is 18.1. The topological polar surface area (TPSA) is 38.3 Å². The van der Waals surface area contributed by atoms with Gasteiger partial charge in [-0.15, -0.1) is 0 Å². The number of aryl methyl sites for hydroxylation is 1. The number of hydrogen-bond donors (Lipinski definition) is 1. The van der Waals surface area contributed by atoms with Gasteiger partial charge in [-0.3, -0.25) is 4.79 Å². The third kappa shape index (κ3) is 4.09. The first-order chi connectivity index (χ1) is 9.67. The largest absolute Gasteiger partial charge is 0.484 e. The number of carbonyl (C=O) groups is 1. The van der Waals surface area contributed by atoms with Crippen molar-refractivity contribution in [3.05, 3.63) is 59.9 Å². The average Bonchev–Trinajstić information content (AvgIpc) is 2.48. The first-order valence-electron chi connectivity index (χ1n) is 6.44. The van der Waals surface area contributed by atoms with Gasteiger partial charge in [0.15, 0.2) is 6.61 Å². The normalized spacial score (nSPS) is 10.1. The lowest BCUT2D eigenvalue weighted by Gasteiger charge is -2.08. The van der Waals surface area contributed by atoms with Crippen molar-refractivity contribution in [2.24, 2.45) is 0 Å². The molecular formula is C16H16FNO2. The molecule has 1 N–H and O–H groups in total. The summed E-state index contributed by atoms with van der Waals surface area (Å²) in [5.74, 6) is 0.0488. The highest BCUT2D eigenvalue weighted by atomic mass is 19.1. The van der Waals surface area contributed by atoms with Gasteiger partial charge in [-0.05, 0) is 48.4 Å². The van der Waals surface area contributed by atoms with Crippen LogP contribution in [0.25, 0.3) is 0 Å². The Hall–Kier alpha value is -2.36. The number of anilines is 1. The quantitative estimate of drug-likeness (QED) is 0.906. The lowest BCUT2D eigenvalue weighted by molar-refractivity contribution is -0.118. The van der Waals surface area contributed by atoms with Crippen molar-refractivity contribution in [1.82, 2.24) is 0 Å². The van der Waals surface area contributed by atoms with Gasteiger partial charge in [0.05, 0.1) is 0 Å². The molecule has 2 aromatic carbocycles. The van der Waals surface area contributed by atoms with Crippen LogP contribution >= 0.6 is 0 Å². The van der Waals surface area contributed by atoms with Crippen molar-refractivity contribution in [3.63, 3.8) is 0 Å². The molecule has 2 aromatic rings. The molecule has 0 atom stereocenters. The fourth-order valence-electron chi connectivity index (χ4n) is 1.73. The van der Waals surface area contributed by atoms with E-state index in [2.05, 4.69) is 12.2 Å². The van der Waals surface area contributed by atoms with Crippen LogP contribution in [0, 0.1) is 5.82 Å². The van der Waals surface area contributed by atoms with Crippen molar-refractivity contribution in [2.75, 3.05) is 11.9 Å². The maximum atomic E-state index is 12.7. The van der Waals surface area contributed by atoms with E-state index < -0.39 is 0 Å². The number of hydrogen-bond acceptors (Lipinski definition) is 2. The van der Waals surface area contributed by atoms with E-state index in [-0.39, 0.29) is 18.3 Å². The standard InChI is InChI=1S/C16H16FNO2/c1-2-12-4-3-5-15(10-12)20-11-16(19)18-14-8-6-13(17)7-9-14/h3-10H,2,11H2,1H3,(H,18,19). The molecule has 4 heteroatoms. The van der Waals surface area contributed by atoms with Crippen LogP contribution < -0.4 is 10.1 Å². The van der Waals surface area contributed by atoms with Crippen LogP contribution in [0.15, 0.2) is 48.5 Å². The number of carbonyl (C=O) groups excluding carboxylic acids is 1. The fraction of sp³-hybridized carbons (Fsp3) is 0.188. The molecule has 0 spiro atoms. The minimum atomic E-state index is -0.337. The predicted octanol–water partition coefficient (Wildman–Crippen LogP) is 3.41. The van der Waals surface area contributed by atoms with Gasteiger partial charge in [0.25, 0.3) is 5.91 Å². The Morgan fingerprint density at radius 1 is 1.20 bits per heavy atom. The highest BCUT2D eigenvalue weighted by Gasteiger charge is 2.04. The monoisotopic (exact) mass is 273 g/mol. The molecule has 3 nitrogen and oxygen atoms in total. The van der Waals surface area contributed by atoms with Crippen LogP contribution in [0.4, 0.5) is 10.1 Å². The second-order valence-electron chi connectivity index (χ2n) is 4.34. The summed E-state index contributed by atoms with van der Waals surface area (Å²) in [6.07, 6.45) is 0.916. The lowest BCUT2D eigenvalue weighted by Crippen LogP contribution is -2.20. The summed E-state index contributed by atoms with van der Waals surface area (Å²) in [5.41, 5.74) is 1.70. The van der Waals surface area contributed by atoms with Gasteiger partial charge in [0.1, 0.15) is 11.6 Å². The number of benzene rings is 2. The number of halogens is 1. The third-order valence-corrected chi connectivity index (χ3v) is 2.80. The van der Waals surface area contributed by atoms with Gasteiger partial charge in [0.2, 0.25) is 0 Å². The van der Waals surface area contributed by atoms with Crippen LogP contribution in [0.3, 0.4) is 0 Å². The Labute approximate surface area is 117 Å². The highest BCUT2D eigenvalue weighted by molar-refractivity contribution is 5.91. The minimum absolute atomic E-state index is 0.0788. The van der Waals surface area contributed by atoms with Gasteiger partial charge < -0.3 is 10.1 Å². The van der Waals surface area contributed by atoms with Crippen molar-refractivity contribution in [3.8, 4) is 5.75 Å². The predicted molar refractivity (Wildman–Crippen MR) is 76.3 cm³/mol. The maximum Gasteiger partial charge on any atom is 0.262 e. The summed E-state index contributed by atoms with van der Waals surface area (Å²) >= 11 is 0. The second-order valence-corrected chi connectivity index (χ2v) is 4.34. The van der Waals surface area contributed by atoms with E-state index in [9.17, 15) is 9.18 Å². The summed E-state index contributed by atoms with van der Waals surface area (Å²) in [6.45, 7) is 1.98. The molecule has 0 saturated carbocycles. The van der Waals surface area contributed by atoms with Crippen LogP contribution in [0.1, 0.15) is 12.5 Å². The Morgan fingerprint density at radius 3 is 2.65 bits per heavy atom. The molecular weight excluding hydrogens is 257 g/mol. The van der Waals surface area contributed by atoms with Crippen molar-refractivity contribution >= 4 is 11.6 Å². The molecule has 20 heavy (non-hydrogen) atoms. The number of rotatable bonds is 5. The summed E-state index contributed by atoms with van der Waals surface area (Å²) in [6, 6.07) is 13.2. The van der Waals surface area contributed by atoms with E-state index >= 15 is 0 Å². The summed E-state index contributed by atoms with van der Waals surface area (Å²) in [5, 5.41) is 2.64. The molecule has 0 aromatic heterocycles. The van der Waals surface area contributed by atoms with Gasteiger partial charge in [-0.25, -0.2) is 4.39 Å². The van der Waals surface area contributed by atoms with Crippen molar-refractivity contribution in [2.45, 2.75) is 13.3 Å². The maximum absolute atomic E-state index is 12.7. The van der Waals surface area contributed by atoms with Crippen LogP contribution in [-0.2, 0) is 11.2 Å². The molecule has 104 valence electrons. The van der Waals surface area contributed by atoms with Crippen molar-refractivity contribution in [1.29, 1.82) is 0 Å². The van der Waals surface area contributed by atoms with E-state index in [0.717, 1.165) is 12.0 Å². The molecule has 0 fully saturated rings. The number of nitrogens with one attached hydrogen (secondary N) is 1. The van der Waals surface area contributed by atoms with E-state index in [1.165, 1.54) is 24.3 Å². The number of ether oxygens (including phenoxy) is 1. The van der Waals surface area contributed by atoms with Crippen LogP contribution in [0.2, 0.25) is 0 Å². The molecule has 0 aliphatic rings. The van der Waals surface area contributed by atoms with Gasteiger partial charge in [-0.2, -0.15) is 0 Å². The average molecular weight is 273 g/mol. The van der Waals surface area contributed by atoms with Crippen molar-refractivity contribution < 1.29 is 13.9 Å². The molecule has 0 radical (unpaired) electrons. The first kappa shape index (κ1) is 14.1. The number of amides is 1. The molecule has 1 amide bonds. The molecule has 0 unspecified atom stereocenters. The zero-order chi connectivity index (χ0) is 14.4. The van der Waals surface area contributed by atoms with E-state index in [1.807, 2.05) is 24.3 Å². The fourth-order valence-corrected chi connectivity index (χ4v) is 1.73. The molecule has 2 rings (SSSR count). The lowest BCUT2D eigenvalue weighted by atomic mass is 10.2. The van der Waals surface area contributed by atoms with Gasteiger partial charge in [0, 0.05) is 5.69 Å². The van der Waals surface area contributed by atoms with E-state index in [4.69, 9.17) is 4.74 Å². The van der Waals surface area contributed by atoms with Crippen LogP contribution in [-0.4, -0.2) is 12.5 Å². The Morgan fingerprint density at radius 2 is 1.95 bits per heavy atom. The second kappa shape index (κ2) is 6.70. The first-order valence-corrected chi connectivity index (χ1v) is 6.44. The van der Waals surface area contributed by atoms with Gasteiger partial charge in [-0.1, -0.05) is 19.1 Å². The van der Waals surface area contributed by atoms with Crippen LogP contribution in [0.5, 0.6) is 5.75 Å². The molecule has 0 saturated heterocycles. The molecule has 0 heterocycles.